The molecule has 0 radical (unpaired) electrons. The summed E-state index contributed by atoms with van der Waals surface area (Å²) in [5.74, 6) is -0.563. The number of carbonyl (C=O) groups excluding carboxylic acids is 1. The minimum absolute atomic E-state index is 0.143. The molecule has 4 aliphatic carbocycles. The predicted octanol–water partition coefficient (Wildman–Crippen LogP) is 5.68. The van der Waals surface area contributed by atoms with Crippen LogP contribution in [-0.4, -0.2) is 27.0 Å². The average molecular weight is 463 g/mol. The Morgan fingerprint density at radius 3 is 2.62 bits per heavy atom. The molecule has 6 rings (SSSR count). The highest BCUT2D eigenvalue weighted by molar-refractivity contribution is 5.93. The van der Waals surface area contributed by atoms with Crippen molar-refractivity contribution in [1.82, 2.24) is 9.97 Å². The normalized spacial score (nSPS) is 32.7. The van der Waals surface area contributed by atoms with Crippen molar-refractivity contribution in [2.45, 2.75) is 63.9 Å². The zero-order valence-corrected chi connectivity index (χ0v) is 19.2. The van der Waals surface area contributed by atoms with E-state index < -0.39 is 17.7 Å². The lowest BCUT2D eigenvalue weighted by Crippen LogP contribution is -2.45. The van der Waals surface area contributed by atoms with Crippen molar-refractivity contribution in [3.63, 3.8) is 0 Å². The third kappa shape index (κ3) is 3.22. The van der Waals surface area contributed by atoms with Gasteiger partial charge in [-0.25, -0.2) is 18.7 Å². The van der Waals surface area contributed by atoms with Crippen LogP contribution >= 0.6 is 0 Å². The molecule has 0 amide bonds. The Morgan fingerprint density at radius 2 is 1.82 bits per heavy atom. The molecule has 2 aromatic rings. The second-order valence-electron chi connectivity index (χ2n) is 10.7. The average Bonchev–Trinajstić information content (AvgIpc) is 3.14. The van der Waals surface area contributed by atoms with Crippen LogP contribution < -0.4 is 0 Å². The summed E-state index contributed by atoms with van der Waals surface area (Å²) in [6, 6.07) is 2.59. The van der Waals surface area contributed by atoms with Crippen molar-refractivity contribution in [1.29, 1.82) is 0 Å². The summed E-state index contributed by atoms with van der Waals surface area (Å²) in [5.41, 5.74) is 4.04. The van der Waals surface area contributed by atoms with Crippen molar-refractivity contribution in [3.8, 4) is 11.1 Å². The van der Waals surface area contributed by atoms with Crippen molar-refractivity contribution < 1.29 is 18.7 Å². The summed E-state index contributed by atoms with van der Waals surface area (Å²) in [5, 5.41) is 11.0. The molecule has 34 heavy (non-hydrogen) atoms. The van der Waals surface area contributed by atoms with E-state index >= 15 is 8.78 Å². The van der Waals surface area contributed by atoms with Crippen LogP contribution in [0, 0.1) is 28.9 Å². The van der Waals surface area contributed by atoms with Crippen LogP contribution in [0.3, 0.4) is 0 Å². The van der Waals surface area contributed by atoms with E-state index in [1.807, 2.05) is 0 Å². The Morgan fingerprint density at radius 1 is 1.03 bits per heavy atom. The Hall–Kier alpha value is -2.73. The van der Waals surface area contributed by atoms with E-state index in [0.29, 0.717) is 36.3 Å². The maximum Gasteiger partial charge on any atom is 0.156 e. The van der Waals surface area contributed by atoms with Crippen LogP contribution in [0.1, 0.15) is 63.4 Å². The third-order valence-corrected chi connectivity index (χ3v) is 9.01. The van der Waals surface area contributed by atoms with Gasteiger partial charge in [0.05, 0.1) is 6.10 Å². The molecule has 1 aromatic heterocycles. The topological polar surface area (TPSA) is 63.1 Å². The van der Waals surface area contributed by atoms with Crippen molar-refractivity contribution >= 4 is 5.78 Å². The van der Waals surface area contributed by atoms with Gasteiger partial charge in [-0.15, -0.1) is 0 Å². The predicted molar refractivity (Wildman–Crippen MR) is 124 cm³/mol. The molecule has 4 nitrogen and oxygen atoms in total. The lowest BCUT2D eigenvalue weighted by atomic mass is 9.53. The summed E-state index contributed by atoms with van der Waals surface area (Å²) < 4.78 is 31.1. The lowest BCUT2D eigenvalue weighted by Gasteiger charge is -2.52. The molecule has 1 N–H and O–H groups in total. The number of nitrogens with zero attached hydrogens (tertiary/aromatic N) is 2. The maximum atomic E-state index is 15.7. The standard InChI is InChI=1S/C28H28F2N2O2/c1-28-11-22(21-10-24(29)20(9-25(21)30)16-12-31-14-32-13-16)27-18-5-3-17(33)8-15(18)2-4-19(27)23(28)6-7-26(28)34/h8-10,12-14,19,22-23,26,34H,2-7,11H2,1H3. The zero-order chi connectivity index (χ0) is 23.6. The molecule has 1 heterocycles. The summed E-state index contributed by atoms with van der Waals surface area (Å²) >= 11 is 0. The van der Waals surface area contributed by atoms with Crippen molar-refractivity contribution in [3.05, 3.63) is 70.8 Å². The molecule has 0 aliphatic heterocycles. The smallest absolute Gasteiger partial charge is 0.156 e. The summed E-state index contributed by atoms with van der Waals surface area (Å²) in [6.45, 7) is 2.13. The second-order valence-corrected chi connectivity index (χ2v) is 10.7. The van der Waals surface area contributed by atoms with E-state index in [1.165, 1.54) is 42.0 Å². The molecular weight excluding hydrogens is 434 g/mol. The quantitative estimate of drug-likeness (QED) is 0.624. The van der Waals surface area contributed by atoms with Gasteiger partial charge in [-0.05, 0) is 90.7 Å². The van der Waals surface area contributed by atoms with Gasteiger partial charge in [0.2, 0.25) is 0 Å². The number of ketones is 1. The fourth-order valence-corrected chi connectivity index (χ4v) is 7.40. The minimum atomic E-state index is -0.502. The Kier molecular flexibility index (Phi) is 5.07. The first kappa shape index (κ1) is 21.8. The Labute approximate surface area is 197 Å². The highest BCUT2D eigenvalue weighted by atomic mass is 19.1. The van der Waals surface area contributed by atoms with E-state index in [0.717, 1.165) is 31.3 Å². The van der Waals surface area contributed by atoms with Gasteiger partial charge in [0.25, 0.3) is 0 Å². The minimum Gasteiger partial charge on any atom is -0.393 e. The van der Waals surface area contributed by atoms with Crippen LogP contribution in [0.15, 0.2) is 53.6 Å². The summed E-state index contributed by atoms with van der Waals surface area (Å²) in [6.07, 6.45) is 10.8. The first-order valence-corrected chi connectivity index (χ1v) is 12.3. The van der Waals surface area contributed by atoms with Gasteiger partial charge in [0.1, 0.15) is 18.0 Å². The molecular formula is C28H28F2N2O2. The van der Waals surface area contributed by atoms with Crippen LogP contribution in [-0.2, 0) is 4.79 Å². The van der Waals surface area contributed by atoms with Crippen LogP contribution in [0.5, 0.6) is 0 Å². The molecule has 176 valence electrons. The summed E-state index contributed by atoms with van der Waals surface area (Å²) in [4.78, 5) is 20.0. The van der Waals surface area contributed by atoms with Gasteiger partial charge >= 0.3 is 0 Å². The zero-order valence-electron chi connectivity index (χ0n) is 19.2. The molecule has 6 heteroatoms. The fourth-order valence-electron chi connectivity index (χ4n) is 7.40. The number of hydrogen-bond acceptors (Lipinski definition) is 4. The molecule has 2 saturated carbocycles. The van der Waals surface area contributed by atoms with Crippen LogP contribution in [0.4, 0.5) is 8.78 Å². The van der Waals surface area contributed by atoms with Crippen LogP contribution in [0.2, 0.25) is 0 Å². The first-order valence-electron chi connectivity index (χ1n) is 12.3. The SMILES string of the molecule is CC12CC(c3cc(F)c(-c4cncnc4)cc3F)C3=C4CCC(=O)C=C4CCC3C1CCC2O. The highest BCUT2D eigenvalue weighted by Gasteiger charge is 2.56. The molecule has 0 spiro atoms. The Bertz CT molecular complexity index is 1240. The lowest BCUT2D eigenvalue weighted by molar-refractivity contribution is -0.114. The van der Waals surface area contributed by atoms with Gasteiger partial charge in [-0.2, -0.15) is 0 Å². The maximum absolute atomic E-state index is 15.7. The molecule has 5 atom stereocenters. The number of aliphatic hydroxyl groups excluding tert-OH is 1. The number of carbonyl (C=O) groups is 1. The number of rotatable bonds is 2. The number of benzene rings is 1. The van der Waals surface area contributed by atoms with Crippen molar-refractivity contribution in [2.75, 3.05) is 0 Å². The Balaban J connectivity index is 1.52. The van der Waals surface area contributed by atoms with Crippen molar-refractivity contribution in [2.24, 2.45) is 17.3 Å². The molecule has 5 unspecified atom stereocenters. The van der Waals surface area contributed by atoms with E-state index in [4.69, 9.17) is 0 Å². The summed E-state index contributed by atoms with van der Waals surface area (Å²) in [7, 11) is 0. The largest absolute Gasteiger partial charge is 0.393 e. The van der Waals surface area contributed by atoms with Gasteiger partial charge in [0.15, 0.2) is 5.78 Å². The third-order valence-electron chi connectivity index (χ3n) is 9.01. The number of hydrogen-bond donors (Lipinski definition) is 1. The van der Waals surface area contributed by atoms with Gasteiger partial charge in [0, 0.05) is 35.9 Å². The van der Waals surface area contributed by atoms with E-state index in [2.05, 4.69) is 16.9 Å². The van der Waals surface area contributed by atoms with E-state index in [1.54, 1.807) is 6.08 Å². The fraction of sp³-hybridized carbons (Fsp3) is 0.464. The molecule has 1 aromatic carbocycles. The molecule has 0 bridgehead atoms. The van der Waals surface area contributed by atoms with Gasteiger partial charge in [-0.3, -0.25) is 4.79 Å². The highest BCUT2D eigenvalue weighted by Crippen LogP contribution is 2.64. The van der Waals surface area contributed by atoms with Gasteiger partial charge in [-0.1, -0.05) is 12.5 Å². The molecule has 4 aliphatic rings. The first-order chi connectivity index (χ1) is 16.4. The molecule has 2 fully saturated rings. The van der Waals surface area contributed by atoms with E-state index in [9.17, 15) is 9.90 Å². The number of fused-ring (bicyclic) bond motifs is 4. The number of aromatic nitrogens is 2. The number of halogens is 2. The van der Waals surface area contributed by atoms with E-state index in [-0.39, 0.29) is 28.6 Å². The second kappa shape index (κ2) is 7.91. The molecule has 0 saturated heterocycles. The monoisotopic (exact) mass is 462 g/mol. The number of allylic oxidation sites excluding steroid dienone is 4. The van der Waals surface area contributed by atoms with Gasteiger partial charge < -0.3 is 5.11 Å². The number of aliphatic hydroxyl groups is 1. The van der Waals surface area contributed by atoms with Crippen LogP contribution in [0.25, 0.3) is 11.1 Å².